The number of carbonyl (C=O) groups excluding carboxylic acids is 1. The van der Waals surface area contributed by atoms with Crippen LogP contribution in [0.2, 0.25) is 0 Å². The molecule has 0 aliphatic heterocycles. The van der Waals surface area contributed by atoms with Gasteiger partial charge in [0, 0.05) is 10.4 Å². The molecule has 2 N–H and O–H groups in total. The van der Waals surface area contributed by atoms with Crippen molar-refractivity contribution in [2.24, 2.45) is 11.3 Å². The van der Waals surface area contributed by atoms with Crippen LogP contribution in [0.1, 0.15) is 38.3 Å². The summed E-state index contributed by atoms with van der Waals surface area (Å²) in [7, 11) is 0. The van der Waals surface area contributed by atoms with Crippen LogP contribution in [-0.2, 0) is 9.59 Å². The zero-order valence-corrected chi connectivity index (χ0v) is 13.1. The number of carboxylic acids is 1. The minimum Gasteiger partial charge on any atom is -0.481 e. The summed E-state index contributed by atoms with van der Waals surface area (Å²) >= 11 is 3.34. The molecule has 1 aliphatic rings. The standard InChI is InChI=1S/C15H18BrNO3/c1-15(2)8-11(15)14(20)17-12(7-13(18)19)9-3-5-10(16)6-4-9/h3-6,11-12H,7-8H2,1-2H3,(H,17,20)(H,18,19). The number of hydrogen-bond acceptors (Lipinski definition) is 2. The Morgan fingerprint density at radius 2 is 1.95 bits per heavy atom. The van der Waals surface area contributed by atoms with Crippen LogP contribution in [0.25, 0.3) is 0 Å². The Hall–Kier alpha value is -1.36. The van der Waals surface area contributed by atoms with Gasteiger partial charge in [0.15, 0.2) is 0 Å². The summed E-state index contributed by atoms with van der Waals surface area (Å²) in [6.45, 7) is 4.09. The molecule has 1 amide bonds. The van der Waals surface area contributed by atoms with Crippen LogP contribution >= 0.6 is 15.9 Å². The van der Waals surface area contributed by atoms with Gasteiger partial charge in [-0.2, -0.15) is 0 Å². The molecule has 5 heteroatoms. The minimum absolute atomic E-state index is 0.00533. The van der Waals surface area contributed by atoms with Gasteiger partial charge in [0.05, 0.1) is 12.5 Å². The van der Waals surface area contributed by atoms with E-state index in [0.29, 0.717) is 0 Å². The second-order valence-electron chi connectivity index (χ2n) is 5.96. The fraction of sp³-hybridized carbons (Fsp3) is 0.467. The highest BCUT2D eigenvalue weighted by Crippen LogP contribution is 2.51. The van der Waals surface area contributed by atoms with Crippen molar-refractivity contribution in [1.29, 1.82) is 0 Å². The van der Waals surface area contributed by atoms with Gasteiger partial charge in [0.2, 0.25) is 5.91 Å². The number of nitrogens with one attached hydrogen (secondary N) is 1. The lowest BCUT2D eigenvalue weighted by atomic mass is 10.0. The molecule has 0 radical (unpaired) electrons. The number of benzene rings is 1. The summed E-state index contributed by atoms with van der Waals surface area (Å²) in [4.78, 5) is 23.1. The van der Waals surface area contributed by atoms with Gasteiger partial charge in [-0.15, -0.1) is 0 Å². The highest BCUT2D eigenvalue weighted by molar-refractivity contribution is 9.10. The zero-order valence-electron chi connectivity index (χ0n) is 11.5. The van der Waals surface area contributed by atoms with Gasteiger partial charge < -0.3 is 10.4 Å². The Morgan fingerprint density at radius 1 is 1.40 bits per heavy atom. The highest BCUT2D eigenvalue weighted by atomic mass is 79.9. The van der Waals surface area contributed by atoms with Crippen LogP contribution in [0.5, 0.6) is 0 Å². The van der Waals surface area contributed by atoms with E-state index in [1.807, 2.05) is 38.1 Å². The van der Waals surface area contributed by atoms with Gasteiger partial charge in [-0.1, -0.05) is 41.9 Å². The number of carboxylic acid groups (broad SMARTS) is 1. The molecule has 1 fully saturated rings. The second-order valence-corrected chi connectivity index (χ2v) is 6.87. The molecule has 20 heavy (non-hydrogen) atoms. The van der Waals surface area contributed by atoms with Crippen molar-refractivity contribution < 1.29 is 14.7 Å². The molecule has 1 saturated carbocycles. The summed E-state index contributed by atoms with van der Waals surface area (Å²) in [6.07, 6.45) is 0.749. The third-order valence-corrected chi connectivity index (χ3v) is 4.33. The maximum Gasteiger partial charge on any atom is 0.305 e. The fourth-order valence-corrected chi connectivity index (χ4v) is 2.57. The first-order valence-corrected chi connectivity index (χ1v) is 7.36. The number of amides is 1. The van der Waals surface area contributed by atoms with Crippen LogP contribution < -0.4 is 5.32 Å². The lowest BCUT2D eigenvalue weighted by Gasteiger charge is -2.18. The van der Waals surface area contributed by atoms with Crippen LogP contribution in [0.15, 0.2) is 28.7 Å². The average molecular weight is 340 g/mol. The molecule has 108 valence electrons. The van der Waals surface area contributed by atoms with Crippen molar-refractivity contribution in [2.75, 3.05) is 0 Å². The predicted molar refractivity (Wildman–Crippen MR) is 79.2 cm³/mol. The van der Waals surface area contributed by atoms with E-state index in [9.17, 15) is 9.59 Å². The molecule has 1 aliphatic carbocycles. The maximum absolute atomic E-state index is 12.1. The zero-order chi connectivity index (χ0) is 14.9. The molecule has 1 aromatic carbocycles. The normalized spacial score (nSPS) is 21.1. The molecule has 1 aromatic rings. The molecule has 4 nitrogen and oxygen atoms in total. The molecule has 0 heterocycles. The molecular weight excluding hydrogens is 322 g/mol. The first kappa shape index (κ1) is 15.0. The Kier molecular flexibility index (Phi) is 4.18. The van der Waals surface area contributed by atoms with E-state index in [1.165, 1.54) is 0 Å². The minimum atomic E-state index is -0.923. The van der Waals surface area contributed by atoms with Gasteiger partial charge in [-0.25, -0.2) is 0 Å². The third kappa shape index (κ3) is 3.60. The quantitative estimate of drug-likeness (QED) is 0.865. The van der Waals surface area contributed by atoms with Crippen molar-refractivity contribution in [3.63, 3.8) is 0 Å². The topological polar surface area (TPSA) is 66.4 Å². The summed E-state index contributed by atoms with van der Waals surface area (Å²) in [5, 5.41) is 11.9. The Morgan fingerprint density at radius 3 is 2.40 bits per heavy atom. The molecule has 2 atom stereocenters. The van der Waals surface area contributed by atoms with Crippen LogP contribution in [-0.4, -0.2) is 17.0 Å². The monoisotopic (exact) mass is 339 g/mol. The number of halogens is 1. The molecule has 0 aromatic heterocycles. The van der Waals surface area contributed by atoms with Crippen molar-refractivity contribution in [3.05, 3.63) is 34.3 Å². The Bertz CT molecular complexity index is 524. The summed E-state index contributed by atoms with van der Waals surface area (Å²) in [5.74, 6) is -0.980. The number of carbonyl (C=O) groups is 2. The summed E-state index contributed by atoms with van der Waals surface area (Å²) in [5.41, 5.74) is 0.847. The van der Waals surface area contributed by atoms with Crippen LogP contribution in [0, 0.1) is 11.3 Å². The van der Waals surface area contributed by atoms with Gasteiger partial charge in [0.1, 0.15) is 0 Å². The maximum atomic E-state index is 12.1. The number of hydrogen-bond donors (Lipinski definition) is 2. The predicted octanol–water partition coefficient (Wildman–Crippen LogP) is 3.13. The van der Waals surface area contributed by atoms with E-state index in [2.05, 4.69) is 21.2 Å². The van der Waals surface area contributed by atoms with E-state index >= 15 is 0 Å². The highest BCUT2D eigenvalue weighted by Gasteiger charge is 2.50. The van der Waals surface area contributed by atoms with E-state index in [0.717, 1.165) is 16.5 Å². The smallest absolute Gasteiger partial charge is 0.305 e. The number of aliphatic carboxylic acids is 1. The second kappa shape index (κ2) is 5.56. The fourth-order valence-electron chi connectivity index (χ4n) is 2.31. The van der Waals surface area contributed by atoms with Crippen molar-refractivity contribution in [1.82, 2.24) is 5.32 Å². The summed E-state index contributed by atoms with van der Waals surface area (Å²) in [6, 6.07) is 6.87. The average Bonchev–Trinajstić information content (AvgIpc) is 2.98. The third-order valence-electron chi connectivity index (χ3n) is 3.80. The largest absolute Gasteiger partial charge is 0.481 e. The Labute approximate surface area is 126 Å². The van der Waals surface area contributed by atoms with Crippen molar-refractivity contribution in [3.8, 4) is 0 Å². The Balaban J connectivity index is 2.10. The SMILES string of the molecule is CC1(C)CC1C(=O)NC(CC(=O)O)c1ccc(Br)cc1. The van der Waals surface area contributed by atoms with Crippen molar-refractivity contribution >= 4 is 27.8 Å². The van der Waals surface area contributed by atoms with Gasteiger partial charge in [-0.05, 0) is 29.5 Å². The molecular formula is C15H18BrNO3. The van der Waals surface area contributed by atoms with E-state index < -0.39 is 12.0 Å². The van der Waals surface area contributed by atoms with Gasteiger partial charge in [-0.3, -0.25) is 9.59 Å². The van der Waals surface area contributed by atoms with Crippen LogP contribution in [0.3, 0.4) is 0 Å². The molecule has 0 saturated heterocycles. The summed E-state index contributed by atoms with van der Waals surface area (Å²) < 4.78 is 0.921. The van der Waals surface area contributed by atoms with Gasteiger partial charge in [0.25, 0.3) is 0 Å². The first-order chi connectivity index (χ1) is 9.29. The first-order valence-electron chi connectivity index (χ1n) is 6.57. The van der Waals surface area contributed by atoms with E-state index in [-0.39, 0.29) is 23.7 Å². The van der Waals surface area contributed by atoms with Gasteiger partial charge >= 0.3 is 5.97 Å². The molecule has 0 bridgehead atoms. The van der Waals surface area contributed by atoms with Crippen LogP contribution in [0.4, 0.5) is 0 Å². The molecule has 2 rings (SSSR count). The lowest BCUT2D eigenvalue weighted by molar-refractivity contribution is -0.137. The number of rotatable bonds is 5. The van der Waals surface area contributed by atoms with E-state index in [1.54, 1.807) is 0 Å². The van der Waals surface area contributed by atoms with Crippen molar-refractivity contribution in [2.45, 2.75) is 32.7 Å². The lowest BCUT2D eigenvalue weighted by Crippen LogP contribution is -2.32. The molecule has 0 spiro atoms. The molecule has 2 unspecified atom stereocenters. The van der Waals surface area contributed by atoms with E-state index in [4.69, 9.17) is 5.11 Å².